The minimum atomic E-state index is -0.777. The molecule has 0 saturated heterocycles. The molecule has 0 aliphatic heterocycles. The van der Waals surface area contributed by atoms with Crippen LogP contribution in [0.3, 0.4) is 0 Å². The molecule has 1 unspecified atom stereocenters. The quantitative estimate of drug-likeness (QED) is 0.0261. The van der Waals surface area contributed by atoms with Gasteiger partial charge in [-0.25, -0.2) is 0 Å². The molecule has 6 nitrogen and oxygen atoms in total. The molecule has 0 N–H and O–H groups in total. The third-order valence-electron chi connectivity index (χ3n) is 15.7. The molecule has 0 aromatic heterocycles. The Morgan fingerprint density at radius 1 is 0.259 bits per heavy atom. The highest BCUT2D eigenvalue weighted by molar-refractivity contribution is 5.71. The maximum absolute atomic E-state index is 12.9. The standard InChI is InChI=1S/C75H134O6/c1-4-7-10-13-16-18-20-22-24-26-28-30-32-34-36-37-38-40-41-43-45-47-49-51-53-55-57-59-62-65-68-74(77)80-71-72(70-79-73(76)67-64-61-15-12-9-6-3)81-75(78)69-66-63-60-58-56-54-52-50-48-46-44-42-39-35-33-31-29-27-25-23-21-19-17-14-11-8-5-2/h8,11,17,19,23,25,29,31,35,39,44,46,72H,4-7,9-10,12-16,18,20-22,24,26-28,30,32-34,36-38,40-43,45,47-71H2,1-3H3/b11-8-,19-17-,25-23-,31-29-,39-35-,46-44-. The summed E-state index contributed by atoms with van der Waals surface area (Å²) in [6.07, 6.45) is 91.2. The first-order valence-electron chi connectivity index (χ1n) is 35.4. The lowest BCUT2D eigenvalue weighted by Crippen LogP contribution is -2.30. The van der Waals surface area contributed by atoms with E-state index in [1.165, 1.54) is 225 Å². The summed E-state index contributed by atoms with van der Waals surface area (Å²) >= 11 is 0. The van der Waals surface area contributed by atoms with Crippen LogP contribution < -0.4 is 0 Å². The van der Waals surface area contributed by atoms with E-state index in [1.807, 2.05) is 0 Å². The first-order chi connectivity index (χ1) is 40.0. The number of hydrogen-bond acceptors (Lipinski definition) is 6. The molecule has 0 heterocycles. The minimum Gasteiger partial charge on any atom is -0.462 e. The number of allylic oxidation sites excluding steroid dienone is 12. The molecule has 6 heteroatoms. The molecule has 81 heavy (non-hydrogen) atoms. The highest BCUT2D eigenvalue weighted by Gasteiger charge is 2.19. The molecule has 0 aliphatic rings. The van der Waals surface area contributed by atoms with Crippen LogP contribution in [0, 0.1) is 0 Å². The van der Waals surface area contributed by atoms with Gasteiger partial charge in [-0.15, -0.1) is 0 Å². The van der Waals surface area contributed by atoms with Crippen molar-refractivity contribution in [2.75, 3.05) is 13.2 Å². The summed E-state index contributed by atoms with van der Waals surface area (Å²) in [5.41, 5.74) is 0. The molecule has 1 atom stereocenters. The molecule has 0 bridgehead atoms. The van der Waals surface area contributed by atoms with Crippen LogP contribution in [0.1, 0.15) is 367 Å². The van der Waals surface area contributed by atoms with E-state index in [0.717, 1.165) is 103 Å². The summed E-state index contributed by atoms with van der Waals surface area (Å²) in [5.74, 6) is -0.875. The predicted octanol–water partition coefficient (Wildman–Crippen LogP) is 24.4. The first kappa shape index (κ1) is 77.9. The lowest BCUT2D eigenvalue weighted by Gasteiger charge is -2.18. The van der Waals surface area contributed by atoms with Crippen molar-refractivity contribution in [3.63, 3.8) is 0 Å². The monoisotopic (exact) mass is 1130 g/mol. The van der Waals surface area contributed by atoms with E-state index in [1.54, 1.807) is 0 Å². The van der Waals surface area contributed by atoms with E-state index >= 15 is 0 Å². The van der Waals surface area contributed by atoms with Gasteiger partial charge in [-0.2, -0.15) is 0 Å². The van der Waals surface area contributed by atoms with Gasteiger partial charge in [0, 0.05) is 19.3 Å². The van der Waals surface area contributed by atoms with Crippen molar-refractivity contribution in [2.45, 2.75) is 374 Å². The normalized spacial score (nSPS) is 12.5. The Morgan fingerprint density at radius 3 is 0.753 bits per heavy atom. The largest absolute Gasteiger partial charge is 0.462 e. The van der Waals surface area contributed by atoms with Crippen molar-refractivity contribution in [3.8, 4) is 0 Å². The van der Waals surface area contributed by atoms with Crippen molar-refractivity contribution in [3.05, 3.63) is 72.9 Å². The van der Waals surface area contributed by atoms with Crippen molar-refractivity contribution in [1.29, 1.82) is 0 Å². The highest BCUT2D eigenvalue weighted by Crippen LogP contribution is 2.18. The second kappa shape index (κ2) is 69.3. The molecule has 0 aromatic carbocycles. The van der Waals surface area contributed by atoms with E-state index in [9.17, 15) is 14.4 Å². The van der Waals surface area contributed by atoms with E-state index in [-0.39, 0.29) is 31.1 Å². The molecule has 0 saturated carbocycles. The summed E-state index contributed by atoms with van der Waals surface area (Å²) in [6, 6.07) is 0. The van der Waals surface area contributed by atoms with Crippen LogP contribution in [0.5, 0.6) is 0 Å². The highest BCUT2D eigenvalue weighted by atomic mass is 16.6. The lowest BCUT2D eigenvalue weighted by molar-refractivity contribution is -0.167. The summed E-state index contributed by atoms with van der Waals surface area (Å²) in [5, 5.41) is 0. The number of rotatable bonds is 65. The van der Waals surface area contributed by atoms with Gasteiger partial charge < -0.3 is 14.2 Å². The minimum absolute atomic E-state index is 0.0748. The summed E-state index contributed by atoms with van der Waals surface area (Å²) in [6.45, 7) is 6.51. The lowest BCUT2D eigenvalue weighted by atomic mass is 10.0. The van der Waals surface area contributed by atoms with Crippen LogP contribution in [-0.4, -0.2) is 37.2 Å². The molecule has 0 aromatic rings. The maximum atomic E-state index is 12.9. The summed E-state index contributed by atoms with van der Waals surface area (Å²) < 4.78 is 16.9. The Balaban J connectivity index is 4.01. The number of esters is 3. The van der Waals surface area contributed by atoms with Crippen molar-refractivity contribution in [1.82, 2.24) is 0 Å². The zero-order valence-electron chi connectivity index (χ0n) is 54.1. The Morgan fingerprint density at radius 2 is 0.481 bits per heavy atom. The predicted molar refractivity (Wildman–Crippen MR) is 353 cm³/mol. The zero-order valence-corrected chi connectivity index (χ0v) is 54.1. The zero-order chi connectivity index (χ0) is 58.5. The topological polar surface area (TPSA) is 78.9 Å². The van der Waals surface area contributed by atoms with Crippen molar-refractivity contribution in [2.24, 2.45) is 0 Å². The third kappa shape index (κ3) is 67.5. The number of unbranched alkanes of at least 4 members (excludes halogenated alkanes) is 42. The van der Waals surface area contributed by atoms with Crippen molar-refractivity contribution < 1.29 is 28.6 Å². The molecular weight excluding hydrogens is 997 g/mol. The van der Waals surface area contributed by atoms with Crippen LogP contribution in [0.25, 0.3) is 0 Å². The van der Waals surface area contributed by atoms with Gasteiger partial charge in [0.05, 0.1) is 0 Å². The van der Waals surface area contributed by atoms with Gasteiger partial charge in [-0.1, -0.05) is 351 Å². The Bertz CT molecular complexity index is 1490. The molecule has 0 fully saturated rings. The second-order valence-electron chi connectivity index (χ2n) is 23.8. The molecule has 470 valence electrons. The average Bonchev–Trinajstić information content (AvgIpc) is 3.47. The van der Waals surface area contributed by atoms with E-state index < -0.39 is 6.10 Å². The second-order valence-corrected chi connectivity index (χ2v) is 23.8. The van der Waals surface area contributed by atoms with Gasteiger partial charge >= 0.3 is 17.9 Å². The van der Waals surface area contributed by atoms with Gasteiger partial charge in [0.25, 0.3) is 0 Å². The van der Waals surface area contributed by atoms with E-state index in [2.05, 4.69) is 93.7 Å². The number of carbonyl (C=O) groups is 3. The first-order valence-corrected chi connectivity index (χ1v) is 35.4. The molecule has 0 rings (SSSR count). The van der Waals surface area contributed by atoms with Gasteiger partial charge in [-0.05, 0) is 70.6 Å². The van der Waals surface area contributed by atoms with E-state index in [4.69, 9.17) is 14.2 Å². The van der Waals surface area contributed by atoms with Crippen LogP contribution >= 0.6 is 0 Å². The summed E-state index contributed by atoms with van der Waals surface area (Å²) in [4.78, 5) is 38.1. The van der Waals surface area contributed by atoms with Gasteiger partial charge in [0.2, 0.25) is 0 Å². The fourth-order valence-corrected chi connectivity index (χ4v) is 10.5. The average molecular weight is 1130 g/mol. The molecule has 0 spiro atoms. The van der Waals surface area contributed by atoms with Crippen LogP contribution in [0.2, 0.25) is 0 Å². The molecule has 0 aliphatic carbocycles. The SMILES string of the molecule is CC/C=C\C/C=C\C/C=C\C/C=C\C/C=C\C/C=C\CCCCCCCCCCC(=O)OC(COC(=O)CCCCCCCC)COC(=O)CCCCCCCCCCCCCCCCCCCCCCCCCCCCCCCC. The molecule has 0 radical (unpaired) electrons. The fraction of sp³-hybridized carbons (Fsp3) is 0.800. The Kier molecular flexibility index (Phi) is 66.6. The number of carbonyl (C=O) groups excluding carboxylic acids is 3. The van der Waals surface area contributed by atoms with Crippen LogP contribution in [-0.2, 0) is 28.6 Å². The van der Waals surface area contributed by atoms with E-state index in [0.29, 0.717) is 19.3 Å². The number of hydrogen-bond donors (Lipinski definition) is 0. The van der Waals surface area contributed by atoms with Crippen molar-refractivity contribution >= 4 is 17.9 Å². The van der Waals surface area contributed by atoms with Crippen LogP contribution in [0.15, 0.2) is 72.9 Å². The third-order valence-corrected chi connectivity index (χ3v) is 15.7. The van der Waals surface area contributed by atoms with Crippen LogP contribution in [0.4, 0.5) is 0 Å². The Labute approximate surface area is 503 Å². The molecule has 0 amide bonds. The van der Waals surface area contributed by atoms with Gasteiger partial charge in [-0.3, -0.25) is 14.4 Å². The fourth-order valence-electron chi connectivity index (χ4n) is 10.5. The van der Waals surface area contributed by atoms with Gasteiger partial charge in [0.15, 0.2) is 6.10 Å². The summed E-state index contributed by atoms with van der Waals surface area (Å²) in [7, 11) is 0. The van der Waals surface area contributed by atoms with Gasteiger partial charge in [0.1, 0.15) is 13.2 Å². The molecular formula is C75H134O6. The maximum Gasteiger partial charge on any atom is 0.306 e. The number of ether oxygens (including phenoxy) is 3. The Hall–Kier alpha value is -3.15. The smallest absolute Gasteiger partial charge is 0.306 e.